The number of hydrogen-bond donors (Lipinski definition) is 3. The molecule has 2 aromatic carbocycles. The highest BCUT2D eigenvalue weighted by molar-refractivity contribution is 5.77. The van der Waals surface area contributed by atoms with E-state index in [-0.39, 0.29) is 0 Å². The summed E-state index contributed by atoms with van der Waals surface area (Å²) in [6, 6.07) is 24.2. The third-order valence-corrected chi connectivity index (χ3v) is 3.79. The minimum Gasteiger partial charge on any atom is -0.390 e. The van der Waals surface area contributed by atoms with Crippen LogP contribution in [0.3, 0.4) is 0 Å². The van der Waals surface area contributed by atoms with Gasteiger partial charge >= 0.3 is 0 Å². The molecule has 0 atom stereocenters. The van der Waals surface area contributed by atoms with Crippen LogP contribution in [-0.2, 0) is 0 Å². The number of aliphatic imine (C=N–C) groups is 2. The SMILES string of the molecule is NC=NC=NCCNc1nc(Nc2ccccc2)ccc1-c1ccccc1. The number of pyridine rings is 1. The Morgan fingerprint density at radius 3 is 2.41 bits per heavy atom. The van der Waals surface area contributed by atoms with E-state index in [1.54, 1.807) is 0 Å². The fourth-order valence-corrected chi connectivity index (χ4v) is 2.57. The first kappa shape index (κ1) is 18.1. The van der Waals surface area contributed by atoms with E-state index in [0.717, 1.165) is 28.5 Å². The van der Waals surface area contributed by atoms with Crippen LogP contribution < -0.4 is 16.4 Å². The van der Waals surface area contributed by atoms with Gasteiger partial charge in [0.2, 0.25) is 0 Å². The van der Waals surface area contributed by atoms with E-state index in [2.05, 4.69) is 38.8 Å². The predicted octanol–water partition coefficient (Wildman–Crippen LogP) is 3.92. The van der Waals surface area contributed by atoms with E-state index in [4.69, 9.17) is 10.7 Å². The summed E-state index contributed by atoms with van der Waals surface area (Å²) < 4.78 is 0. The van der Waals surface area contributed by atoms with Crippen LogP contribution in [0.25, 0.3) is 11.1 Å². The maximum absolute atomic E-state index is 5.18. The normalized spacial score (nSPS) is 11.1. The fraction of sp³-hybridized carbons (Fsp3) is 0.0952. The average Bonchev–Trinajstić information content (AvgIpc) is 2.72. The highest BCUT2D eigenvalue weighted by atomic mass is 15.1. The molecule has 0 bridgehead atoms. The van der Waals surface area contributed by atoms with E-state index < -0.39 is 0 Å². The zero-order chi connectivity index (χ0) is 18.7. The fourth-order valence-electron chi connectivity index (χ4n) is 2.57. The molecule has 27 heavy (non-hydrogen) atoms. The van der Waals surface area contributed by atoms with Crippen LogP contribution in [0.1, 0.15) is 0 Å². The third kappa shape index (κ3) is 5.40. The maximum Gasteiger partial charge on any atom is 0.136 e. The van der Waals surface area contributed by atoms with Crippen molar-refractivity contribution in [1.82, 2.24) is 4.98 Å². The highest BCUT2D eigenvalue weighted by Gasteiger charge is 2.08. The van der Waals surface area contributed by atoms with Crippen molar-refractivity contribution in [3.63, 3.8) is 0 Å². The predicted molar refractivity (Wildman–Crippen MR) is 114 cm³/mol. The van der Waals surface area contributed by atoms with E-state index in [1.165, 1.54) is 12.7 Å². The number of para-hydroxylation sites is 1. The highest BCUT2D eigenvalue weighted by Crippen LogP contribution is 2.28. The zero-order valence-electron chi connectivity index (χ0n) is 14.9. The molecule has 136 valence electrons. The molecule has 1 aromatic heterocycles. The monoisotopic (exact) mass is 358 g/mol. The topological polar surface area (TPSA) is 87.7 Å². The second-order valence-corrected chi connectivity index (χ2v) is 5.70. The molecule has 0 fully saturated rings. The number of aromatic nitrogens is 1. The summed E-state index contributed by atoms with van der Waals surface area (Å²) in [4.78, 5) is 12.7. The van der Waals surface area contributed by atoms with Gasteiger partial charge in [-0.3, -0.25) is 4.99 Å². The second kappa shape index (κ2) is 9.72. The zero-order valence-corrected chi connectivity index (χ0v) is 14.9. The van der Waals surface area contributed by atoms with Crippen molar-refractivity contribution in [2.75, 3.05) is 23.7 Å². The Balaban J connectivity index is 1.80. The number of anilines is 3. The van der Waals surface area contributed by atoms with Gasteiger partial charge in [0.05, 0.1) is 12.9 Å². The number of nitrogens with zero attached hydrogens (tertiary/aromatic N) is 3. The van der Waals surface area contributed by atoms with E-state index in [0.29, 0.717) is 13.1 Å². The first-order valence-corrected chi connectivity index (χ1v) is 8.71. The van der Waals surface area contributed by atoms with Crippen molar-refractivity contribution >= 4 is 30.0 Å². The van der Waals surface area contributed by atoms with Gasteiger partial charge in [-0.05, 0) is 29.8 Å². The molecule has 0 aliphatic heterocycles. The number of nitrogens with one attached hydrogen (secondary N) is 2. The molecular weight excluding hydrogens is 336 g/mol. The van der Waals surface area contributed by atoms with E-state index in [1.807, 2.05) is 54.6 Å². The Morgan fingerprint density at radius 1 is 0.926 bits per heavy atom. The molecule has 6 heteroatoms. The molecule has 0 saturated heterocycles. The molecule has 0 aliphatic carbocycles. The molecule has 3 rings (SSSR count). The van der Waals surface area contributed by atoms with Crippen molar-refractivity contribution in [3.8, 4) is 11.1 Å². The van der Waals surface area contributed by atoms with Crippen LogP contribution in [0, 0.1) is 0 Å². The molecule has 0 saturated carbocycles. The van der Waals surface area contributed by atoms with Crippen LogP contribution in [0.4, 0.5) is 17.3 Å². The van der Waals surface area contributed by atoms with Crippen LogP contribution in [0.5, 0.6) is 0 Å². The number of benzene rings is 2. The lowest BCUT2D eigenvalue weighted by atomic mass is 10.1. The molecule has 3 aromatic rings. The van der Waals surface area contributed by atoms with Gasteiger partial charge in [0.15, 0.2) is 0 Å². The van der Waals surface area contributed by atoms with Crippen molar-refractivity contribution in [2.24, 2.45) is 15.7 Å². The standard InChI is InChI=1S/C21H22N6/c22-15-24-16-23-13-14-25-21-19(17-7-3-1-4-8-17)11-12-20(27-21)26-18-9-5-2-6-10-18/h1-12,15-16H,13-14H2,(H2,22,23,24)(H2,25,26,27). The van der Waals surface area contributed by atoms with E-state index >= 15 is 0 Å². The number of hydrogen-bond acceptors (Lipinski definition) is 4. The van der Waals surface area contributed by atoms with Crippen LogP contribution in [0.15, 0.2) is 82.8 Å². The average molecular weight is 358 g/mol. The van der Waals surface area contributed by atoms with Gasteiger partial charge in [0.25, 0.3) is 0 Å². The van der Waals surface area contributed by atoms with E-state index in [9.17, 15) is 0 Å². The lowest BCUT2D eigenvalue weighted by Gasteiger charge is -2.13. The lowest BCUT2D eigenvalue weighted by molar-refractivity contribution is 1.01. The van der Waals surface area contributed by atoms with Gasteiger partial charge in [-0.1, -0.05) is 48.5 Å². The van der Waals surface area contributed by atoms with Crippen LogP contribution in [-0.4, -0.2) is 30.8 Å². The molecule has 0 unspecified atom stereocenters. The summed E-state index contributed by atoms with van der Waals surface area (Å²) >= 11 is 0. The molecular formula is C21H22N6. The van der Waals surface area contributed by atoms with Gasteiger partial charge in [-0.15, -0.1) is 0 Å². The summed E-state index contributed by atoms with van der Waals surface area (Å²) in [6.45, 7) is 1.21. The number of rotatable bonds is 8. The molecule has 0 spiro atoms. The van der Waals surface area contributed by atoms with Gasteiger partial charge in [-0.25, -0.2) is 9.98 Å². The molecule has 6 nitrogen and oxygen atoms in total. The quantitative estimate of drug-likeness (QED) is 0.323. The minimum atomic E-state index is 0.573. The molecule has 0 amide bonds. The third-order valence-electron chi connectivity index (χ3n) is 3.79. The Hall–Kier alpha value is -3.67. The first-order valence-electron chi connectivity index (χ1n) is 8.71. The first-order chi connectivity index (χ1) is 13.4. The summed E-state index contributed by atoms with van der Waals surface area (Å²) in [5, 5.41) is 6.69. The summed E-state index contributed by atoms with van der Waals surface area (Å²) in [7, 11) is 0. The van der Waals surface area contributed by atoms with Crippen molar-refractivity contribution < 1.29 is 0 Å². The molecule has 1 heterocycles. The number of nitrogens with two attached hydrogens (primary N) is 1. The second-order valence-electron chi connectivity index (χ2n) is 5.70. The molecule has 0 aliphatic rings. The van der Waals surface area contributed by atoms with Gasteiger partial charge in [-0.2, -0.15) is 0 Å². The maximum atomic E-state index is 5.18. The largest absolute Gasteiger partial charge is 0.390 e. The van der Waals surface area contributed by atoms with Crippen LogP contribution in [0.2, 0.25) is 0 Å². The summed E-state index contributed by atoms with van der Waals surface area (Å²) in [5.41, 5.74) is 8.32. The van der Waals surface area contributed by atoms with Crippen molar-refractivity contribution in [3.05, 3.63) is 72.8 Å². The van der Waals surface area contributed by atoms with Crippen LogP contribution >= 0.6 is 0 Å². The van der Waals surface area contributed by atoms with Crippen molar-refractivity contribution in [2.45, 2.75) is 0 Å². The summed E-state index contributed by atoms with van der Waals surface area (Å²) in [5.74, 6) is 1.58. The smallest absolute Gasteiger partial charge is 0.136 e. The minimum absolute atomic E-state index is 0.573. The Bertz CT molecular complexity index is 891. The van der Waals surface area contributed by atoms with Gasteiger partial charge in [0, 0.05) is 17.8 Å². The Kier molecular flexibility index (Phi) is 6.53. The lowest BCUT2D eigenvalue weighted by Crippen LogP contribution is -2.08. The van der Waals surface area contributed by atoms with Crippen molar-refractivity contribution in [1.29, 1.82) is 0 Å². The Labute approximate surface area is 158 Å². The Morgan fingerprint density at radius 2 is 1.67 bits per heavy atom. The summed E-state index contributed by atoms with van der Waals surface area (Å²) in [6.07, 6.45) is 2.66. The molecule has 4 N–H and O–H groups in total. The van der Waals surface area contributed by atoms with Gasteiger partial charge in [0.1, 0.15) is 18.0 Å². The van der Waals surface area contributed by atoms with Gasteiger partial charge < -0.3 is 16.4 Å². The molecule has 0 radical (unpaired) electrons.